The third-order valence-corrected chi connectivity index (χ3v) is 6.61. The molecular weight excluding hydrogens is 529 g/mol. The van der Waals surface area contributed by atoms with Gasteiger partial charge in [-0.3, -0.25) is 9.59 Å². The summed E-state index contributed by atoms with van der Waals surface area (Å²) in [5.74, 6) is 0.426. The molecule has 0 saturated carbocycles. The SMILES string of the molecule is CC(=O)Nc1cccc(Cc2nc3c(c(N(C)C)nn3-c3c(Cl)cc(S(N)(=O)=O)cc3Cl)c(=O)[nH]2)c1. The third kappa shape index (κ3) is 5.07. The van der Waals surface area contributed by atoms with E-state index in [2.05, 4.69) is 20.4 Å². The largest absolute Gasteiger partial charge is 0.361 e. The van der Waals surface area contributed by atoms with E-state index in [1.54, 1.807) is 37.2 Å². The summed E-state index contributed by atoms with van der Waals surface area (Å²) in [6.07, 6.45) is 0.243. The quantitative estimate of drug-likeness (QED) is 0.333. The molecule has 36 heavy (non-hydrogen) atoms. The number of hydrogen-bond donors (Lipinski definition) is 3. The van der Waals surface area contributed by atoms with Crippen molar-refractivity contribution in [1.29, 1.82) is 0 Å². The topological polar surface area (TPSA) is 156 Å². The number of H-pyrrole nitrogens is 1. The molecule has 2 aromatic heterocycles. The van der Waals surface area contributed by atoms with Gasteiger partial charge >= 0.3 is 0 Å². The summed E-state index contributed by atoms with van der Waals surface area (Å²) in [6.45, 7) is 1.41. The van der Waals surface area contributed by atoms with Crippen LogP contribution >= 0.6 is 23.2 Å². The summed E-state index contributed by atoms with van der Waals surface area (Å²) in [7, 11) is -0.643. The van der Waals surface area contributed by atoms with Crippen molar-refractivity contribution in [2.24, 2.45) is 5.14 Å². The summed E-state index contributed by atoms with van der Waals surface area (Å²) in [6, 6.07) is 9.44. The van der Waals surface area contributed by atoms with E-state index in [-0.39, 0.29) is 44.0 Å². The van der Waals surface area contributed by atoms with Gasteiger partial charge in [-0.1, -0.05) is 35.3 Å². The van der Waals surface area contributed by atoms with Crippen LogP contribution in [-0.4, -0.2) is 48.2 Å². The van der Waals surface area contributed by atoms with Crippen LogP contribution < -0.4 is 20.9 Å². The molecule has 0 atom stereocenters. The fraction of sp³-hybridized carbons (Fsp3) is 0.182. The number of primary sulfonamides is 1. The number of nitrogens with one attached hydrogen (secondary N) is 2. The minimum Gasteiger partial charge on any atom is -0.361 e. The van der Waals surface area contributed by atoms with Crippen LogP contribution in [0.15, 0.2) is 46.1 Å². The van der Waals surface area contributed by atoms with Gasteiger partial charge in [0.2, 0.25) is 15.9 Å². The Hall–Kier alpha value is -3.45. The molecule has 11 nitrogen and oxygen atoms in total. The number of aromatic nitrogens is 4. The number of carbonyl (C=O) groups is 1. The van der Waals surface area contributed by atoms with Gasteiger partial charge in [-0.25, -0.2) is 23.2 Å². The minimum atomic E-state index is -4.06. The number of rotatable bonds is 6. The summed E-state index contributed by atoms with van der Waals surface area (Å²) in [4.78, 5) is 33.3. The highest BCUT2D eigenvalue weighted by molar-refractivity contribution is 7.89. The Kier molecular flexibility index (Phi) is 6.80. The molecule has 4 aromatic rings. The lowest BCUT2D eigenvalue weighted by molar-refractivity contribution is -0.114. The molecule has 2 aromatic carbocycles. The molecule has 0 aliphatic rings. The summed E-state index contributed by atoms with van der Waals surface area (Å²) >= 11 is 12.8. The molecule has 0 fully saturated rings. The van der Waals surface area contributed by atoms with E-state index >= 15 is 0 Å². The Morgan fingerprint density at radius 1 is 1.19 bits per heavy atom. The van der Waals surface area contributed by atoms with E-state index < -0.39 is 15.6 Å². The van der Waals surface area contributed by atoms with E-state index in [1.807, 2.05) is 6.07 Å². The molecule has 0 radical (unpaired) electrons. The highest BCUT2D eigenvalue weighted by Gasteiger charge is 2.24. The molecule has 0 spiro atoms. The van der Waals surface area contributed by atoms with E-state index in [0.29, 0.717) is 17.3 Å². The van der Waals surface area contributed by atoms with Gasteiger partial charge in [-0.05, 0) is 29.8 Å². The van der Waals surface area contributed by atoms with Gasteiger partial charge in [0.25, 0.3) is 5.56 Å². The molecule has 0 aliphatic carbocycles. The lowest BCUT2D eigenvalue weighted by atomic mass is 10.1. The van der Waals surface area contributed by atoms with Crippen molar-refractivity contribution in [2.45, 2.75) is 18.2 Å². The van der Waals surface area contributed by atoms with Crippen LogP contribution in [0.3, 0.4) is 0 Å². The number of carbonyl (C=O) groups excluding carboxylic acids is 1. The number of sulfonamides is 1. The molecule has 2 heterocycles. The Bertz CT molecular complexity index is 1660. The molecule has 0 unspecified atom stereocenters. The van der Waals surface area contributed by atoms with Crippen LogP contribution in [-0.2, 0) is 21.2 Å². The van der Waals surface area contributed by atoms with Crippen molar-refractivity contribution >= 4 is 61.7 Å². The molecule has 0 bridgehead atoms. The first-order valence-corrected chi connectivity index (χ1v) is 12.7. The average Bonchev–Trinajstić information content (AvgIpc) is 3.12. The second kappa shape index (κ2) is 9.54. The van der Waals surface area contributed by atoms with Crippen molar-refractivity contribution in [3.8, 4) is 5.69 Å². The number of nitrogens with zero attached hydrogens (tertiary/aromatic N) is 4. The standard InChI is InChI=1S/C22H21Cl2N7O4S/c1-11(32)26-13-6-4-5-12(7-13)8-17-27-20-18(22(33)28-17)21(30(2)3)29-31(20)19-15(23)9-14(10-16(19)24)36(25,34)35/h4-7,9-10H,8H2,1-3H3,(H,26,32)(H2,25,34,35)(H,27,28,33). The Morgan fingerprint density at radius 2 is 1.86 bits per heavy atom. The number of anilines is 2. The van der Waals surface area contributed by atoms with Gasteiger partial charge in [-0.2, -0.15) is 0 Å². The fourth-order valence-corrected chi connectivity index (χ4v) is 5.01. The first-order chi connectivity index (χ1) is 16.8. The lowest BCUT2D eigenvalue weighted by Gasteiger charge is -2.11. The zero-order chi connectivity index (χ0) is 26.4. The Morgan fingerprint density at radius 3 is 2.44 bits per heavy atom. The zero-order valence-corrected chi connectivity index (χ0v) is 21.7. The van der Waals surface area contributed by atoms with E-state index in [0.717, 1.165) is 17.7 Å². The molecule has 1 amide bonds. The summed E-state index contributed by atoms with van der Waals surface area (Å²) in [5, 5.41) is 12.5. The van der Waals surface area contributed by atoms with Crippen LogP contribution in [0.2, 0.25) is 10.0 Å². The van der Waals surface area contributed by atoms with Gasteiger partial charge in [0, 0.05) is 33.1 Å². The molecule has 4 rings (SSSR count). The molecule has 188 valence electrons. The highest BCUT2D eigenvalue weighted by Crippen LogP contribution is 2.34. The van der Waals surface area contributed by atoms with Crippen molar-refractivity contribution in [3.63, 3.8) is 0 Å². The molecule has 4 N–H and O–H groups in total. The maximum atomic E-state index is 13.1. The van der Waals surface area contributed by atoms with Crippen LogP contribution in [0, 0.1) is 0 Å². The first kappa shape index (κ1) is 25.6. The van der Waals surface area contributed by atoms with Crippen molar-refractivity contribution in [2.75, 3.05) is 24.3 Å². The Labute approximate surface area is 215 Å². The van der Waals surface area contributed by atoms with E-state index in [9.17, 15) is 18.0 Å². The predicted molar refractivity (Wildman–Crippen MR) is 139 cm³/mol. The minimum absolute atomic E-state index is 0.0483. The van der Waals surface area contributed by atoms with Gasteiger partial charge < -0.3 is 15.2 Å². The van der Waals surface area contributed by atoms with Gasteiger partial charge in [0.15, 0.2) is 11.5 Å². The van der Waals surface area contributed by atoms with E-state index in [4.69, 9.17) is 28.3 Å². The number of benzene rings is 2. The second-order valence-corrected chi connectivity index (χ2v) is 10.6. The average molecular weight is 550 g/mol. The van der Waals surface area contributed by atoms with Crippen LogP contribution in [0.5, 0.6) is 0 Å². The predicted octanol–water partition coefficient (Wildman–Crippen LogP) is 2.68. The molecule has 0 saturated heterocycles. The molecular formula is C22H21Cl2N7O4S. The van der Waals surface area contributed by atoms with Crippen LogP contribution in [0.25, 0.3) is 16.7 Å². The maximum absolute atomic E-state index is 13.1. The molecule has 0 aliphatic heterocycles. The Balaban J connectivity index is 1.90. The number of hydrogen-bond acceptors (Lipinski definition) is 7. The van der Waals surface area contributed by atoms with Crippen LogP contribution in [0.4, 0.5) is 11.5 Å². The van der Waals surface area contributed by atoms with Crippen LogP contribution in [0.1, 0.15) is 18.3 Å². The van der Waals surface area contributed by atoms with Gasteiger partial charge in [0.05, 0.1) is 14.9 Å². The van der Waals surface area contributed by atoms with E-state index in [1.165, 1.54) is 11.6 Å². The third-order valence-electron chi connectivity index (χ3n) is 5.14. The van der Waals surface area contributed by atoms with Gasteiger partial charge in [0.1, 0.15) is 16.9 Å². The first-order valence-electron chi connectivity index (χ1n) is 10.4. The zero-order valence-electron chi connectivity index (χ0n) is 19.3. The number of nitrogens with two attached hydrogens (primary N) is 1. The number of aromatic amines is 1. The summed E-state index contributed by atoms with van der Waals surface area (Å²) in [5.41, 5.74) is 1.27. The number of amides is 1. The number of halogens is 2. The van der Waals surface area contributed by atoms with Crippen molar-refractivity contribution in [1.82, 2.24) is 19.7 Å². The molecule has 14 heteroatoms. The number of fused-ring (bicyclic) bond motifs is 1. The summed E-state index contributed by atoms with van der Waals surface area (Å²) < 4.78 is 24.9. The normalized spacial score (nSPS) is 11.6. The maximum Gasteiger partial charge on any atom is 0.264 e. The smallest absolute Gasteiger partial charge is 0.264 e. The fourth-order valence-electron chi connectivity index (χ4n) is 3.67. The highest BCUT2D eigenvalue weighted by atomic mass is 35.5. The monoisotopic (exact) mass is 549 g/mol. The second-order valence-electron chi connectivity index (χ2n) is 8.18. The van der Waals surface area contributed by atoms with Crippen molar-refractivity contribution in [3.05, 3.63) is 68.2 Å². The lowest BCUT2D eigenvalue weighted by Crippen LogP contribution is -2.16. The van der Waals surface area contributed by atoms with Crippen molar-refractivity contribution < 1.29 is 13.2 Å². The van der Waals surface area contributed by atoms with Gasteiger partial charge in [-0.15, -0.1) is 5.10 Å².